The number of aromatic amines is 1. The maximum absolute atomic E-state index is 14.5. The van der Waals surface area contributed by atoms with Crippen LogP contribution in [0.5, 0.6) is 5.75 Å². The van der Waals surface area contributed by atoms with Gasteiger partial charge in [0.05, 0.1) is 12.9 Å². The van der Waals surface area contributed by atoms with Crippen molar-refractivity contribution in [2.45, 2.75) is 87.2 Å². The van der Waals surface area contributed by atoms with Crippen molar-refractivity contribution in [2.24, 2.45) is 22.2 Å². The number of aliphatic imine (C=N–C) groups is 1. The number of amides is 7. The molecular formula is C43H57N13O10S2. The van der Waals surface area contributed by atoms with E-state index in [4.69, 9.17) is 17.2 Å². The van der Waals surface area contributed by atoms with Crippen LogP contribution in [-0.2, 0) is 57.6 Å². The zero-order chi connectivity index (χ0) is 49.2. The number of nitrogens with two attached hydrogens (primary N) is 3. The predicted molar refractivity (Wildman–Crippen MR) is 252 cm³/mol. The second kappa shape index (κ2) is 25.9. The number of nitrogens with one attached hydrogen (secondary N) is 7. The number of carboxylic acids is 1. The molecule has 1 aromatic heterocycles. The third kappa shape index (κ3) is 15.9. The Balaban J connectivity index is 1.35. The molecule has 3 heterocycles. The molecule has 2 aliphatic rings. The molecule has 15 N–H and O–H groups in total. The van der Waals surface area contributed by atoms with E-state index in [1.807, 2.05) is 0 Å². The minimum Gasteiger partial charge on any atom is -0.508 e. The molecule has 5 rings (SSSR count). The first-order valence-electron chi connectivity index (χ1n) is 21.7. The molecule has 366 valence electrons. The summed E-state index contributed by atoms with van der Waals surface area (Å²) < 4.78 is 0. The van der Waals surface area contributed by atoms with Gasteiger partial charge in [-0.2, -0.15) is 0 Å². The Kier molecular flexibility index (Phi) is 19.8. The number of aromatic hydroxyl groups is 1. The van der Waals surface area contributed by atoms with Gasteiger partial charge in [-0.05, 0) is 48.9 Å². The highest BCUT2D eigenvalue weighted by atomic mass is 33.1. The average molecular weight is 980 g/mol. The number of aliphatic carboxylic acids is 1. The first-order chi connectivity index (χ1) is 32.6. The molecule has 0 spiro atoms. The standard InChI is InChI=1S/C43H57N13O10S2/c44-19-35(58)50-28(8-4-14-48-43(45)46)36(59)54-32-21-67-68-22-33(55-37(60)29(51-38(32)61)16-25-10-12-27(57)13-11-25)39(62)52-30(18-26-20-47-23-49-26)41(64)56-15-5-9-34(56)40(63)53-31(42(65)66)17-24-6-2-1-3-7-24/h1-3,6-7,10-13,20,23,28-34,57H,4-5,8-9,14-19,21-22,44H2,(H,47,49)(H,50,58)(H,51,61)(H,52,62)(H,53,63)(H,54,59)(H,55,60)(H,65,66)(H4,45,46,48)/t28-,29+,30-,31-,32+,33+,34+/m0/s1. The van der Waals surface area contributed by atoms with E-state index in [0.29, 0.717) is 23.2 Å². The molecule has 7 amide bonds. The van der Waals surface area contributed by atoms with Gasteiger partial charge in [0.25, 0.3) is 0 Å². The van der Waals surface area contributed by atoms with E-state index in [1.54, 1.807) is 42.5 Å². The SMILES string of the molecule is NCC(=O)N[C@@H](CCCN=C(N)N)C(=O)N[C@@H]1CSSC[C@H](C(=O)N[C@@H](Cc2cnc[nH]2)C(=O)N2CCC[C@@H]2C(=O)N[C@@H](Cc2ccccc2)C(=O)O)NC(=O)[C@@H](Cc2ccc(O)cc2)NC1=O. The number of H-pyrrole nitrogens is 1. The predicted octanol–water partition coefficient (Wildman–Crippen LogP) is -2.47. The van der Waals surface area contributed by atoms with Crippen molar-refractivity contribution in [3.05, 3.63) is 83.9 Å². The fourth-order valence-corrected chi connectivity index (χ4v) is 9.76. The van der Waals surface area contributed by atoms with Gasteiger partial charge in [0, 0.05) is 55.7 Å². The van der Waals surface area contributed by atoms with Gasteiger partial charge in [-0.25, -0.2) is 9.78 Å². The molecule has 0 saturated carbocycles. The molecule has 2 saturated heterocycles. The molecule has 7 atom stereocenters. The number of aromatic nitrogens is 2. The molecule has 2 fully saturated rings. The summed E-state index contributed by atoms with van der Waals surface area (Å²) >= 11 is 0. The van der Waals surface area contributed by atoms with Crippen LogP contribution >= 0.6 is 21.6 Å². The van der Waals surface area contributed by atoms with Gasteiger partial charge in [-0.15, -0.1) is 0 Å². The Morgan fingerprint density at radius 3 is 2.26 bits per heavy atom. The van der Waals surface area contributed by atoms with E-state index in [0.717, 1.165) is 21.6 Å². The molecule has 2 aromatic carbocycles. The van der Waals surface area contributed by atoms with Crippen molar-refractivity contribution in [3.63, 3.8) is 0 Å². The summed E-state index contributed by atoms with van der Waals surface area (Å²) in [6.45, 7) is -0.110. The molecule has 3 aromatic rings. The molecule has 23 nitrogen and oxygen atoms in total. The quantitative estimate of drug-likeness (QED) is 0.0242. The third-order valence-corrected chi connectivity index (χ3v) is 13.4. The highest BCUT2D eigenvalue weighted by molar-refractivity contribution is 8.76. The average Bonchev–Trinajstić information content (AvgIpc) is 4.03. The summed E-state index contributed by atoms with van der Waals surface area (Å²) in [5.41, 5.74) is 18.0. The highest BCUT2D eigenvalue weighted by Gasteiger charge is 2.40. The van der Waals surface area contributed by atoms with Gasteiger partial charge in [0.1, 0.15) is 48.0 Å². The van der Waals surface area contributed by atoms with Crippen molar-refractivity contribution in [1.29, 1.82) is 0 Å². The maximum atomic E-state index is 14.5. The lowest BCUT2D eigenvalue weighted by Crippen LogP contribution is -2.61. The Morgan fingerprint density at radius 1 is 0.868 bits per heavy atom. The molecule has 0 radical (unpaired) electrons. The topological polar surface area (TPSA) is 372 Å². The second-order valence-corrected chi connectivity index (χ2v) is 18.6. The second-order valence-electron chi connectivity index (χ2n) is 16.0. The van der Waals surface area contributed by atoms with Crippen molar-refractivity contribution in [2.75, 3.05) is 31.1 Å². The minimum absolute atomic E-state index is 0.0113. The lowest BCUT2D eigenvalue weighted by molar-refractivity contribution is -0.145. The smallest absolute Gasteiger partial charge is 0.326 e. The molecule has 2 aliphatic heterocycles. The van der Waals surface area contributed by atoms with E-state index >= 15 is 0 Å². The van der Waals surface area contributed by atoms with Crippen LogP contribution in [0.25, 0.3) is 0 Å². The molecule has 0 unspecified atom stereocenters. The van der Waals surface area contributed by atoms with Gasteiger partial charge in [-0.3, -0.25) is 38.6 Å². The number of rotatable bonds is 20. The van der Waals surface area contributed by atoms with Gasteiger partial charge in [-0.1, -0.05) is 64.1 Å². The van der Waals surface area contributed by atoms with Crippen LogP contribution in [0.15, 0.2) is 72.1 Å². The van der Waals surface area contributed by atoms with Crippen LogP contribution in [0.2, 0.25) is 0 Å². The highest BCUT2D eigenvalue weighted by Crippen LogP contribution is 2.25. The summed E-state index contributed by atoms with van der Waals surface area (Å²) in [6, 6.07) is 6.06. The number of phenolic OH excluding ortho intramolecular Hbond substituents is 1. The summed E-state index contributed by atoms with van der Waals surface area (Å²) in [4.78, 5) is 121. The number of phenols is 1. The number of imidazole rings is 1. The monoisotopic (exact) mass is 979 g/mol. The van der Waals surface area contributed by atoms with Crippen LogP contribution in [-0.4, -0.2) is 152 Å². The Hall–Kier alpha value is -6.86. The Labute approximate surface area is 399 Å². The summed E-state index contributed by atoms with van der Waals surface area (Å²) in [7, 11) is 2.22. The fourth-order valence-electron chi connectivity index (χ4n) is 7.43. The van der Waals surface area contributed by atoms with Gasteiger partial charge >= 0.3 is 5.97 Å². The van der Waals surface area contributed by atoms with E-state index in [9.17, 15) is 48.6 Å². The van der Waals surface area contributed by atoms with Crippen LogP contribution < -0.4 is 49.1 Å². The van der Waals surface area contributed by atoms with E-state index in [-0.39, 0.29) is 74.8 Å². The maximum Gasteiger partial charge on any atom is 0.326 e. The number of benzene rings is 2. The van der Waals surface area contributed by atoms with Crippen molar-refractivity contribution < 1.29 is 48.6 Å². The Bertz CT molecular complexity index is 2250. The number of hydrogen-bond acceptors (Lipinski definition) is 14. The number of hydrogen-bond donors (Lipinski definition) is 12. The Morgan fingerprint density at radius 2 is 1.59 bits per heavy atom. The summed E-state index contributed by atoms with van der Waals surface area (Å²) in [5, 5.41) is 35.8. The number of nitrogens with zero attached hydrogens (tertiary/aromatic N) is 3. The lowest BCUT2D eigenvalue weighted by Gasteiger charge is -2.30. The van der Waals surface area contributed by atoms with Crippen LogP contribution in [0, 0.1) is 0 Å². The minimum atomic E-state index is -1.33. The fraction of sp³-hybridized carbons (Fsp3) is 0.442. The number of carbonyl (C=O) groups excluding carboxylic acids is 7. The van der Waals surface area contributed by atoms with Crippen molar-refractivity contribution in [1.82, 2.24) is 46.8 Å². The number of guanidine groups is 1. The third-order valence-electron chi connectivity index (χ3n) is 10.9. The van der Waals surface area contributed by atoms with Crippen molar-refractivity contribution >= 4 is 74.9 Å². The number of carboxylic acid groups (broad SMARTS) is 1. The van der Waals surface area contributed by atoms with E-state index in [1.165, 1.54) is 29.6 Å². The first kappa shape index (κ1) is 52.1. The normalized spacial score (nSPS) is 19.9. The van der Waals surface area contributed by atoms with E-state index in [2.05, 4.69) is 46.9 Å². The van der Waals surface area contributed by atoms with E-state index < -0.39 is 96.2 Å². The number of likely N-dealkylation sites (tertiary alicyclic amines) is 1. The summed E-state index contributed by atoms with van der Waals surface area (Å²) in [5.74, 6) is -6.51. The lowest BCUT2D eigenvalue weighted by atomic mass is 10.0. The molecular weight excluding hydrogens is 923 g/mol. The van der Waals surface area contributed by atoms with Crippen molar-refractivity contribution in [3.8, 4) is 5.75 Å². The van der Waals surface area contributed by atoms with Crippen LogP contribution in [0.4, 0.5) is 0 Å². The van der Waals surface area contributed by atoms with Gasteiger partial charge < -0.3 is 69.2 Å². The molecule has 0 aliphatic carbocycles. The largest absolute Gasteiger partial charge is 0.508 e. The molecule has 68 heavy (non-hydrogen) atoms. The molecule has 25 heteroatoms. The zero-order valence-electron chi connectivity index (χ0n) is 36.9. The molecule has 0 bridgehead atoms. The van der Waals surface area contributed by atoms with Crippen LogP contribution in [0.1, 0.15) is 42.5 Å². The zero-order valence-corrected chi connectivity index (χ0v) is 38.6. The summed E-state index contributed by atoms with van der Waals surface area (Å²) in [6.07, 6.45) is 3.71. The van der Waals surface area contributed by atoms with Gasteiger partial charge in [0.2, 0.25) is 41.4 Å². The first-order valence-corrected chi connectivity index (χ1v) is 24.2. The van der Waals surface area contributed by atoms with Gasteiger partial charge in [0.15, 0.2) is 5.96 Å². The number of carbonyl (C=O) groups is 8. The van der Waals surface area contributed by atoms with Crippen LogP contribution in [0.3, 0.4) is 0 Å².